The summed E-state index contributed by atoms with van der Waals surface area (Å²) in [5.74, 6) is 0. The second-order valence-corrected chi connectivity index (χ2v) is 5.19. The lowest BCUT2D eigenvalue weighted by Gasteiger charge is -2.37. The second-order valence-electron chi connectivity index (χ2n) is 4.79. The zero-order valence-corrected chi connectivity index (χ0v) is 11.5. The Labute approximate surface area is 117 Å². The lowest BCUT2D eigenvalue weighted by Crippen LogP contribution is -2.41. The molecule has 104 valence electrons. The molecule has 0 bridgehead atoms. The van der Waals surface area contributed by atoms with E-state index in [0.717, 1.165) is 32.2 Å². The number of para-hydroxylation sites is 1. The van der Waals surface area contributed by atoms with Crippen LogP contribution in [0.15, 0.2) is 18.2 Å². The van der Waals surface area contributed by atoms with E-state index in [1.807, 2.05) is 0 Å². The molecule has 0 aromatic heterocycles. The summed E-state index contributed by atoms with van der Waals surface area (Å²) in [5, 5.41) is 11.4. The molecule has 0 saturated carbocycles. The molecule has 0 spiro atoms. The van der Waals surface area contributed by atoms with Crippen molar-refractivity contribution in [3.63, 3.8) is 0 Å². The Morgan fingerprint density at radius 2 is 2.26 bits per heavy atom. The predicted molar refractivity (Wildman–Crippen MR) is 76.8 cm³/mol. The van der Waals surface area contributed by atoms with Gasteiger partial charge in [0.05, 0.1) is 4.92 Å². The summed E-state index contributed by atoms with van der Waals surface area (Å²) in [5.41, 5.74) is 6.27. The van der Waals surface area contributed by atoms with Crippen LogP contribution in [0.5, 0.6) is 0 Å². The molecule has 0 amide bonds. The summed E-state index contributed by atoms with van der Waals surface area (Å²) in [6.07, 6.45) is 4.07. The Kier molecular flexibility index (Phi) is 4.61. The summed E-state index contributed by atoms with van der Waals surface area (Å²) < 4.78 is 0. The molecular formula is C13H18ClN3O2. The maximum atomic E-state index is 11.2. The summed E-state index contributed by atoms with van der Waals surface area (Å²) >= 11 is 5.98. The van der Waals surface area contributed by atoms with E-state index >= 15 is 0 Å². The molecule has 1 aliphatic rings. The fraction of sp³-hybridized carbons (Fsp3) is 0.538. The van der Waals surface area contributed by atoms with Crippen molar-refractivity contribution in [2.24, 2.45) is 5.73 Å². The zero-order chi connectivity index (χ0) is 13.8. The van der Waals surface area contributed by atoms with Gasteiger partial charge in [0, 0.05) is 12.6 Å². The molecule has 0 radical (unpaired) electrons. The van der Waals surface area contributed by atoms with Crippen molar-refractivity contribution in [3.05, 3.63) is 33.3 Å². The number of nitrogens with two attached hydrogens (primary N) is 1. The zero-order valence-electron chi connectivity index (χ0n) is 10.7. The summed E-state index contributed by atoms with van der Waals surface area (Å²) in [7, 11) is 0. The van der Waals surface area contributed by atoms with Crippen molar-refractivity contribution < 1.29 is 4.92 Å². The molecule has 19 heavy (non-hydrogen) atoms. The third kappa shape index (κ3) is 2.98. The number of anilines is 1. The van der Waals surface area contributed by atoms with Crippen LogP contribution in [0.1, 0.15) is 25.7 Å². The van der Waals surface area contributed by atoms with Crippen LogP contribution in [0.4, 0.5) is 11.4 Å². The molecule has 1 aliphatic heterocycles. The molecule has 1 atom stereocenters. The number of nitrogens with zero attached hydrogens (tertiary/aromatic N) is 2. The molecule has 2 N–H and O–H groups in total. The smallest absolute Gasteiger partial charge is 0.310 e. The lowest BCUT2D eigenvalue weighted by molar-refractivity contribution is -0.384. The third-order valence-corrected chi connectivity index (χ3v) is 3.89. The van der Waals surface area contributed by atoms with Gasteiger partial charge in [-0.15, -0.1) is 0 Å². The van der Waals surface area contributed by atoms with E-state index in [2.05, 4.69) is 4.90 Å². The van der Waals surface area contributed by atoms with Gasteiger partial charge in [0.2, 0.25) is 0 Å². The van der Waals surface area contributed by atoms with Crippen LogP contribution >= 0.6 is 11.6 Å². The van der Waals surface area contributed by atoms with Crippen molar-refractivity contribution in [1.29, 1.82) is 0 Å². The first-order valence-electron chi connectivity index (χ1n) is 6.54. The van der Waals surface area contributed by atoms with Gasteiger partial charge >= 0.3 is 5.69 Å². The summed E-state index contributed by atoms with van der Waals surface area (Å²) in [4.78, 5) is 12.9. The molecule has 5 nitrogen and oxygen atoms in total. The van der Waals surface area contributed by atoms with Crippen molar-refractivity contribution in [2.75, 3.05) is 18.0 Å². The molecule has 1 aromatic carbocycles. The van der Waals surface area contributed by atoms with Crippen LogP contribution in [0, 0.1) is 10.1 Å². The third-order valence-electron chi connectivity index (χ3n) is 3.58. The van der Waals surface area contributed by atoms with Crippen molar-refractivity contribution in [2.45, 2.75) is 31.7 Å². The minimum absolute atomic E-state index is 0.00749. The molecule has 1 saturated heterocycles. The normalized spacial score (nSPS) is 19.5. The Morgan fingerprint density at radius 1 is 1.47 bits per heavy atom. The van der Waals surface area contributed by atoms with Crippen molar-refractivity contribution >= 4 is 23.0 Å². The molecule has 6 heteroatoms. The molecule has 1 heterocycles. The number of nitro groups is 1. The number of rotatable bonds is 4. The first-order chi connectivity index (χ1) is 9.15. The van der Waals surface area contributed by atoms with Gasteiger partial charge in [-0.25, -0.2) is 0 Å². The number of benzene rings is 1. The van der Waals surface area contributed by atoms with Crippen molar-refractivity contribution in [3.8, 4) is 0 Å². The number of halogens is 1. The Morgan fingerprint density at radius 3 is 2.95 bits per heavy atom. The van der Waals surface area contributed by atoms with Crippen LogP contribution in [0.3, 0.4) is 0 Å². The largest absolute Gasteiger partial charge is 0.363 e. The molecular weight excluding hydrogens is 266 g/mol. The van der Waals surface area contributed by atoms with Crippen LogP contribution in [-0.2, 0) is 0 Å². The highest BCUT2D eigenvalue weighted by atomic mass is 35.5. The number of hydrogen-bond donors (Lipinski definition) is 1. The monoisotopic (exact) mass is 283 g/mol. The second kappa shape index (κ2) is 6.21. The van der Waals surface area contributed by atoms with Gasteiger partial charge in [-0.3, -0.25) is 10.1 Å². The minimum atomic E-state index is -0.397. The maximum absolute atomic E-state index is 11.2. The van der Waals surface area contributed by atoms with E-state index in [9.17, 15) is 10.1 Å². The van der Waals surface area contributed by atoms with Gasteiger partial charge in [0.15, 0.2) is 0 Å². The van der Waals surface area contributed by atoms with Gasteiger partial charge < -0.3 is 10.6 Å². The predicted octanol–water partition coefficient (Wildman–Crippen LogP) is 2.96. The summed E-state index contributed by atoms with van der Waals surface area (Å²) in [6, 6.07) is 5.37. The number of nitro benzene ring substituents is 1. The first kappa shape index (κ1) is 14.1. The van der Waals surface area contributed by atoms with E-state index in [1.165, 1.54) is 0 Å². The molecule has 0 aliphatic carbocycles. The standard InChI is InChI=1S/C13H18ClN3O2/c14-11-5-3-6-12(13(11)17(18)19)16-9-2-1-4-10(16)7-8-15/h3,5-6,10H,1-2,4,7-9,15H2. The fourth-order valence-electron chi connectivity index (χ4n) is 2.73. The SMILES string of the molecule is NCCC1CCCCN1c1cccc(Cl)c1[N+](=O)[O-]. The Bertz CT molecular complexity index is 465. The maximum Gasteiger partial charge on any atom is 0.310 e. The topological polar surface area (TPSA) is 72.4 Å². The lowest BCUT2D eigenvalue weighted by atomic mass is 9.98. The van der Waals surface area contributed by atoms with Gasteiger partial charge in [0.25, 0.3) is 0 Å². The Balaban J connectivity index is 2.38. The van der Waals surface area contributed by atoms with E-state index in [0.29, 0.717) is 12.2 Å². The highest BCUT2D eigenvalue weighted by molar-refractivity contribution is 6.33. The van der Waals surface area contributed by atoms with Crippen LogP contribution in [0.25, 0.3) is 0 Å². The van der Waals surface area contributed by atoms with E-state index < -0.39 is 4.92 Å². The average Bonchev–Trinajstić information content (AvgIpc) is 2.39. The van der Waals surface area contributed by atoms with Crippen LogP contribution in [-0.4, -0.2) is 24.1 Å². The molecule has 1 aromatic rings. The average molecular weight is 284 g/mol. The number of hydrogen-bond acceptors (Lipinski definition) is 4. The van der Waals surface area contributed by atoms with Crippen molar-refractivity contribution in [1.82, 2.24) is 0 Å². The Hall–Kier alpha value is -1.33. The highest BCUT2D eigenvalue weighted by Gasteiger charge is 2.29. The minimum Gasteiger partial charge on any atom is -0.363 e. The molecule has 1 fully saturated rings. The van der Waals surface area contributed by atoms with E-state index in [1.54, 1.807) is 18.2 Å². The fourth-order valence-corrected chi connectivity index (χ4v) is 2.97. The van der Waals surface area contributed by atoms with Gasteiger partial charge in [-0.2, -0.15) is 0 Å². The molecule has 1 unspecified atom stereocenters. The van der Waals surface area contributed by atoms with Crippen LogP contribution < -0.4 is 10.6 Å². The van der Waals surface area contributed by atoms with Gasteiger partial charge in [0.1, 0.15) is 10.7 Å². The number of piperidine rings is 1. The van der Waals surface area contributed by atoms with E-state index in [-0.39, 0.29) is 16.8 Å². The molecule has 2 rings (SSSR count). The van der Waals surface area contributed by atoms with E-state index in [4.69, 9.17) is 17.3 Å². The van der Waals surface area contributed by atoms with Gasteiger partial charge in [-0.05, 0) is 44.4 Å². The highest BCUT2D eigenvalue weighted by Crippen LogP contribution is 2.38. The summed E-state index contributed by atoms with van der Waals surface area (Å²) in [6.45, 7) is 1.42. The van der Waals surface area contributed by atoms with Gasteiger partial charge in [-0.1, -0.05) is 17.7 Å². The van der Waals surface area contributed by atoms with Crippen LogP contribution in [0.2, 0.25) is 5.02 Å². The quantitative estimate of drug-likeness (QED) is 0.681. The first-order valence-corrected chi connectivity index (χ1v) is 6.92.